The van der Waals surface area contributed by atoms with Gasteiger partial charge in [0.2, 0.25) is 0 Å². The minimum atomic E-state index is 0.226. The summed E-state index contributed by atoms with van der Waals surface area (Å²) in [4.78, 5) is 0. The lowest BCUT2D eigenvalue weighted by Crippen LogP contribution is -1.89. The number of aryl methyl sites for hydroxylation is 2. The van der Waals surface area contributed by atoms with Crippen molar-refractivity contribution in [3.63, 3.8) is 0 Å². The number of hydrogen-bond acceptors (Lipinski definition) is 0. The van der Waals surface area contributed by atoms with Crippen LogP contribution in [-0.4, -0.2) is 0 Å². The van der Waals surface area contributed by atoms with E-state index in [-0.39, 0.29) is 5.75 Å². The van der Waals surface area contributed by atoms with Crippen LogP contribution in [0.3, 0.4) is 0 Å². The van der Waals surface area contributed by atoms with Gasteiger partial charge in [0.25, 0.3) is 0 Å². The van der Waals surface area contributed by atoms with E-state index < -0.39 is 0 Å². The lowest BCUT2D eigenvalue weighted by Gasteiger charge is -2.05. The van der Waals surface area contributed by atoms with Crippen molar-refractivity contribution < 1.29 is 5.11 Å². The van der Waals surface area contributed by atoms with Gasteiger partial charge in [-0.05, 0) is 36.5 Å². The van der Waals surface area contributed by atoms with Gasteiger partial charge in [-0.1, -0.05) is 96.6 Å². The Hall–Kier alpha value is -0.980. The fraction of sp³-hybridized carbons (Fsp3) is 0.727. The van der Waals surface area contributed by atoms with Crippen LogP contribution in [0.15, 0.2) is 18.2 Å². The summed E-state index contributed by atoms with van der Waals surface area (Å²) in [5.41, 5.74) is 2.17. The van der Waals surface area contributed by atoms with Gasteiger partial charge < -0.3 is 0 Å². The van der Waals surface area contributed by atoms with Gasteiger partial charge >= 0.3 is 0 Å². The molecule has 0 unspecified atom stereocenters. The molecule has 1 nitrogen and oxygen atoms in total. The first-order valence-electron chi connectivity index (χ1n) is 10.1. The highest BCUT2D eigenvalue weighted by Crippen LogP contribution is 2.21. The lowest BCUT2D eigenvalue weighted by molar-refractivity contribution is 0.350. The highest BCUT2D eigenvalue weighted by Gasteiger charge is 2.02. The summed E-state index contributed by atoms with van der Waals surface area (Å²) in [5, 5.41) is 11.8. The summed E-state index contributed by atoms with van der Waals surface area (Å²) < 4.78 is 0. The van der Waals surface area contributed by atoms with Crippen LogP contribution in [0.5, 0.6) is 5.75 Å². The Bertz CT molecular complexity index is 397. The first-order valence-corrected chi connectivity index (χ1v) is 10.1. The normalized spacial score (nSPS) is 11.0. The van der Waals surface area contributed by atoms with Crippen molar-refractivity contribution in [1.29, 1.82) is 0 Å². The molecular weight excluding hydrogens is 280 g/mol. The average Bonchev–Trinajstić information content (AvgIpc) is 2.56. The second-order valence-electron chi connectivity index (χ2n) is 6.93. The maximum absolute atomic E-state index is 11.8. The summed E-state index contributed by atoms with van der Waals surface area (Å²) >= 11 is 0. The largest absolute Gasteiger partial charge is 0.290 e. The second kappa shape index (κ2) is 13.5. The Labute approximate surface area is 144 Å². The molecule has 0 N–H and O–H groups in total. The van der Waals surface area contributed by atoms with Crippen LogP contribution in [0, 0.1) is 0 Å². The van der Waals surface area contributed by atoms with Crippen molar-refractivity contribution in [2.75, 3.05) is 0 Å². The van der Waals surface area contributed by atoms with Crippen molar-refractivity contribution in [3.8, 4) is 5.75 Å². The van der Waals surface area contributed by atoms with E-state index in [0.717, 1.165) is 18.4 Å². The van der Waals surface area contributed by atoms with E-state index in [9.17, 15) is 5.11 Å². The molecule has 0 saturated heterocycles. The lowest BCUT2D eigenvalue weighted by atomic mass is 10.0. The Morgan fingerprint density at radius 3 is 1.70 bits per heavy atom. The monoisotopic (exact) mass is 317 g/mol. The van der Waals surface area contributed by atoms with Gasteiger partial charge in [0.1, 0.15) is 0 Å². The molecule has 0 saturated carbocycles. The van der Waals surface area contributed by atoms with Crippen molar-refractivity contribution in [2.45, 2.75) is 104 Å². The molecule has 1 rings (SSSR count). The van der Waals surface area contributed by atoms with E-state index in [2.05, 4.69) is 13.0 Å². The van der Waals surface area contributed by atoms with Crippen LogP contribution < -0.4 is 0 Å². The minimum absolute atomic E-state index is 0.226. The molecule has 1 aromatic rings. The first kappa shape index (κ1) is 20.1. The molecule has 0 heterocycles. The predicted octanol–water partition coefficient (Wildman–Crippen LogP) is 7.64. The molecule has 0 aromatic heterocycles. The van der Waals surface area contributed by atoms with Crippen LogP contribution in [0.2, 0.25) is 0 Å². The molecule has 0 atom stereocenters. The van der Waals surface area contributed by atoms with Gasteiger partial charge in [-0.3, -0.25) is 5.11 Å². The number of unbranched alkanes of at least 4 members (excludes halogenated alkanes) is 11. The fourth-order valence-electron chi connectivity index (χ4n) is 3.22. The maximum Gasteiger partial charge on any atom is 0.182 e. The Kier molecular flexibility index (Phi) is 11.7. The molecule has 0 amide bonds. The predicted molar refractivity (Wildman–Crippen MR) is 101 cm³/mol. The summed E-state index contributed by atoms with van der Waals surface area (Å²) in [7, 11) is 0. The van der Waals surface area contributed by atoms with Gasteiger partial charge in [-0.2, -0.15) is 0 Å². The van der Waals surface area contributed by atoms with E-state index >= 15 is 0 Å². The van der Waals surface area contributed by atoms with Crippen LogP contribution in [0.1, 0.15) is 102 Å². The zero-order chi connectivity index (χ0) is 16.8. The summed E-state index contributed by atoms with van der Waals surface area (Å²) in [6.07, 6.45) is 18.5. The van der Waals surface area contributed by atoms with Crippen molar-refractivity contribution in [2.24, 2.45) is 0 Å². The summed E-state index contributed by atoms with van der Waals surface area (Å²) in [6, 6.07) is 5.99. The molecule has 0 aliphatic rings. The van der Waals surface area contributed by atoms with E-state index in [1.165, 1.54) is 82.6 Å². The van der Waals surface area contributed by atoms with Crippen LogP contribution in [-0.2, 0) is 17.9 Å². The Morgan fingerprint density at radius 2 is 1.22 bits per heavy atom. The standard InChI is InChI=1S/C22H37O/c1-3-5-6-7-8-9-10-11-12-13-14-15-16-20-17-18-21(4-2)22(23)19-20/h17-19H,3-16H2,1-2H3. The van der Waals surface area contributed by atoms with E-state index in [1.807, 2.05) is 19.1 Å². The molecule has 131 valence electrons. The average molecular weight is 318 g/mol. The van der Waals surface area contributed by atoms with Crippen LogP contribution in [0.4, 0.5) is 0 Å². The van der Waals surface area contributed by atoms with Gasteiger partial charge in [-0.25, -0.2) is 0 Å². The first-order chi connectivity index (χ1) is 11.3. The van der Waals surface area contributed by atoms with Gasteiger partial charge in [-0.15, -0.1) is 0 Å². The van der Waals surface area contributed by atoms with E-state index in [1.54, 1.807) is 0 Å². The maximum atomic E-state index is 11.8. The zero-order valence-electron chi connectivity index (χ0n) is 15.5. The molecular formula is C22H37O. The molecule has 0 aliphatic heterocycles. The number of benzene rings is 1. The molecule has 1 heteroatoms. The molecule has 0 bridgehead atoms. The fourth-order valence-corrected chi connectivity index (χ4v) is 3.22. The molecule has 0 spiro atoms. The van der Waals surface area contributed by atoms with E-state index in [4.69, 9.17) is 0 Å². The Morgan fingerprint density at radius 1 is 0.696 bits per heavy atom. The topological polar surface area (TPSA) is 19.9 Å². The molecule has 1 aromatic carbocycles. The van der Waals surface area contributed by atoms with Gasteiger partial charge in [0.15, 0.2) is 5.75 Å². The van der Waals surface area contributed by atoms with Crippen LogP contribution in [0.25, 0.3) is 0 Å². The second-order valence-corrected chi connectivity index (χ2v) is 6.93. The third kappa shape index (κ3) is 9.69. The van der Waals surface area contributed by atoms with Gasteiger partial charge in [0.05, 0.1) is 0 Å². The van der Waals surface area contributed by atoms with Crippen LogP contribution >= 0.6 is 0 Å². The van der Waals surface area contributed by atoms with Crippen molar-refractivity contribution >= 4 is 0 Å². The van der Waals surface area contributed by atoms with Crippen molar-refractivity contribution in [3.05, 3.63) is 29.3 Å². The summed E-state index contributed by atoms with van der Waals surface area (Å²) in [6.45, 7) is 4.32. The highest BCUT2D eigenvalue weighted by atomic mass is 16.3. The van der Waals surface area contributed by atoms with Crippen molar-refractivity contribution in [1.82, 2.24) is 0 Å². The quantitative estimate of drug-likeness (QED) is 0.314. The molecule has 23 heavy (non-hydrogen) atoms. The third-order valence-corrected chi connectivity index (χ3v) is 4.83. The van der Waals surface area contributed by atoms with Gasteiger partial charge in [0, 0.05) is 0 Å². The molecule has 1 radical (unpaired) electrons. The summed E-state index contributed by atoms with van der Waals surface area (Å²) in [5.74, 6) is 0.226. The number of hydrogen-bond donors (Lipinski definition) is 0. The SMILES string of the molecule is CCCCCCCCCCCCCCc1ccc(CC)c([O])c1. The van der Waals surface area contributed by atoms with E-state index in [0.29, 0.717) is 0 Å². The highest BCUT2D eigenvalue weighted by molar-refractivity contribution is 5.36. The third-order valence-electron chi connectivity index (χ3n) is 4.83. The minimum Gasteiger partial charge on any atom is -0.290 e. The Balaban J connectivity index is 1.92. The smallest absolute Gasteiger partial charge is 0.182 e. The number of rotatable bonds is 14. The molecule has 0 fully saturated rings. The zero-order valence-corrected chi connectivity index (χ0v) is 15.5. The molecule has 0 aliphatic carbocycles.